The summed E-state index contributed by atoms with van der Waals surface area (Å²) in [6, 6.07) is 4.31. The third-order valence-corrected chi connectivity index (χ3v) is 3.07. The van der Waals surface area contributed by atoms with Crippen molar-refractivity contribution in [2.75, 3.05) is 12.0 Å². The number of aromatic nitrogens is 1. The van der Waals surface area contributed by atoms with Crippen LogP contribution in [0.25, 0.3) is 0 Å². The van der Waals surface area contributed by atoms with Crippen molar-refractivity contribution < 1.29 is 0 Å². The van der Waals surface area contributed by atoms with Crippen LogP contribution in [0.2, 0.25) is 0 Å². The van der Waals surface area contributed by atoms with Gasteiger partial charge in [-0.2, -0.15) is 0 Å². The molecular formula is C14H26N2. The first kappa shape index (κ1) is 13.1. The van der Waals surface area contributed by atoms with Crippen molar-refractivity contribution >= 4 is 0 Å². The van der Waals surface area contributed by atoms with E-state index >= 15 is 0 Å². The molecule has 2 nitrogen and oxygen atoms in total. The summed E-state index contributed by atoms with van der Waals surface area (Å²) >= 11 is 0. The molecule has 0 aromatic carbocycles. The van der Waals surface area contributed by atoms with E-state index in [0.29, 0.717) is 0 Å². The van der Waals surface area contributed by atoms with Gasteiger partial charge in [0.05, 0.1) is 0 Å². The van der Waals surface area contributed by atoms with Gasteiger partial charge in [-0.15, -0.1) is 0 Å². The van der Waals surface area contributed by atoms with Crippen molar-refractivity contribution in [1.29, 1.82) is 0 Å². The van der Waals surface area contributed by atoms with Crippen LogP contribution < -0.4 is 5.43 Å². The number of aryl methyl sites for hydroxylation is 2. The molecule has 0 amide bonds. The lowest BCUT2D eigenvalue weighted by molar-refractivity contribution is 0.605. The van der Waals surface area contributed by atoms with Crippen LogP contribution in [-0.4, -0.2) is 11.2 Å². The summed E-state index contributed by atoms with van der Waals surface area (Å²) in [6.07, 6.45) is 8.15. The highest BCUT2D eigenvalue weighted by Gasteiger charge is 1.98. The maximum absolute atomic E-state index is 3.47. The van der Waals surface area contributed by atoms with Crippen LogP contribution in [0.4, 0.5) is 0 Å². The Hall–Kier alpha value is -0.920. The lowest BCUT2D eigenvalue weighted by Crippen LogP contribution is -2.18. The smallest absolute Gasteiger partial charge is 0.0366 e. The fourth-order valence-electron chi connectivity index (χ4n) is 2.01. The predicted octanol–water partition coefficient (Wildman–Crippen LogP) is 4.01. The Morgan fingerprint density at radius 1 is 0.938 bits per heavy atom. The number of rotatable bonds is 8. The molecule has 0 atom stereocenters. The third-order valence-electron chi connectivity index (χ3n) is 3.07. The quantitative estimate of drug-likeness (QED) is 0.658. The minimum Gasteiger partial charge on any atom is -0.326 e. The van der Waals surface area contributed by atoms with Crippen LogP contribution in [0, 0.1) is 13.8 Å². The summed E-state index contributed by atoms with van der Waals surface area (Å²) in [4.78, 5) is 0. The summed E-state index contributed by atoms with van der Waals surface area (Å²) in [5, 5.41) is 0. The van der Waals surface area contributed by atoms with Crippen molar-refractivity contribution in [3.05, 3.63) is 23.5 Å². The van der Waals surface area contributed by atoms with Crippen molar-refractivity contribution in [2.45, 2.75) is 59.3 Å². The molecule has 0 fully saturated rings. The Kier molecular flexibility index (Phi) is 6.05. The monoisotopic (exact) mass is 222 g/mol. The van der Waals surface area contributed by atoms with E-state index in [1.807, 2.05) is 0 Å². The molecule has 0 saturated heterocycles. The molecule has 1 aromatic heterocycles. The van der Waals surface area contributed by atoms with E-state index < -0.39 is 0 Å². The average molecular weight is 222 g/mol. The normalized spacial score (nSPS) is 10.7. The first-order valence-electron chi connectivity index (χ1n) is 6.64. The van der Waals surface area contributed by atoms with Crippen LogP contribution >= 0.6 is 0 Å². The van der Waals surface area contributed by atoms with Gasteiger partial charge in [0.1, 0.15) is 0 Å². The molecule has 0 aliphatic rings. The Labute approximate surface area is 100 Å². The first-order chi connectivity index (χ1) is 7.75. The van der Waals surface area contributed by atoms with Gasteiger partial charge in [0.2, 0.25) is 0 Å². The Morgan fingerprint density at radius 3 is 2.12 bits per heavy atom. The van der Waals surface area contributed by atoms with E-state index in [2.05, 4.69) is 43.0 Å². The van der Waals surface area contributed by atoms with Crippen molar-refractivity contribution in [2.24, 2.45) is 0 Å². The van der Waals surface area contributed by atoms with Crippen molar-refractivity contribution in [3.63, 3.8) is 0 Å². The van der Waals surface area contributed by atoms with E-state index in [1.54, 1.807) is 0 Å². The molecule has 92 valence electrons. The number of unbranched alkanes of at least 4 members (excludes halogenated alkanes) is 5. The Balaban J connectivity index is 2.07. The molecule has 1 aromatic rings. The average Bonchev–Trinajstić information content (AvgIpc) is 2.59. The van der Waals surface area contributed by atoms with Gasteiger partial charge in [-0.05, 0) is 32.4 Å². The van der Waals surface area contributed by atoms with Gasteiger partial charge in [-0.3, -0.25) is 4.68 Å². The fourth-order valence-corrected chi connectivity index (χ4v) is 2.01. The molecule has 0 aliphatic heterocycles. The van der Waals surface area contributed by atoms with Gasteiger partial charge < -0.3 is 5.43 Å². The van der Waals surface area contributed by atoms with Gasteiger partial charge in [0, 0.05) is 17.9 Å². The molecule has 0 unspecified atom stereocenters. The molecule has 0 saturated carbocycles. The first-order valence-corrected chi connectivity index (χ1v) is 6.64. The predicted molar refractivity (Wildman–Crippen MR) is 71.5 cm³/mol. The molecule has 0 aliphatic carbocycles. The molecule has 0 bridgehead atoms. The molecule has 1 rings (SSSR count). The van der Waals surface area contributed by atoms with Crippen LogP contribution in [0.1, 0.15) is 56.8 Å². The van der Waals surface area contributed by atoms with Crippen LogP contribution in [0.5, 0.6) is 0 Å². The van der Waals surface area contributed by atoms with Gasteiger partial charge in [-0.25, -0.2) is 0 Å². The van der Waals surface area contributed by atoms with E-state index in [4.69, 9.17) is 0 Å². The number of hydrogen-bond acceptors (Lipinski definition) is 1. The Morgan fingerprint density at radius 2 is 1.50 bits per heavy atom. The molecular weight excluding hydrogens is 196 g/mol. The maximum atomic E-state index is 3.47. The highest BCUT2D eigenvalue weighted by Crippen LogP contribution is 2.06. The maximum Gasteiger partial charge on any atom is 0.0366 e. The van der Waals surface area contributed by atoms with Crippen molar-refractivity contribution in [1.82, 2.24) is 4.68 Å². The molecule has 1 heterocycles. The van der Waals surface area contributed by atoms with Gasteiger partial charge in [0.15, 0.2) is 0 Å². The minimum absolute atomic E-state index is 1.09. The van der Waals surface area contributed by atoms with Gasteiger partial charge in [-0.1, -0.05) is 39.0 Å². The van der Waals surface area contributed by atoms with Gasteiger partial charge in [0.25, 0.3) is 0 Å². The molecule has 0 radical (unpaired) electrons. The summed E-state index contributed by atoms with van der Waals surface area (Å²) in [6.45, 7) is 7.63. The lowest BCUT2D eigenvalue weighted by Gasteiger charge is -2.12. The zero-order valence-corrected chi connectivity index (χ0v) is 11.1. The molecule has 1 N–H and O–H groups in total. The second-order valence-electron chi connectivity index (χ2n) is 4.63. The summed E-state index contributed by atoms with van der Waals surface area (Å²) in [7, 11) is 0. The van der Waals surface area contributed by atoms with Crippen LogP contribution in [0.15, 0.2) is 12.1 Å². The summed E-state index contributed by atoms with van der Waals surface area (Å²) in [5.74, 6) is 0. The summed E-state index contributed by atoms with van der Waals surface area (Å²) in [5.41, 5.74) is 6.06. The zero-order chi connectivity index (χ0) is 11.8. The standard InChI is InChI=1S/C14H26N2/c1-4-5-6-7-8-9-12-15-16-13(2)10-11-14(16)3/h10-11,15H,4-9,12H2,1-3H3. The SMILES string of the molecule is CCCCCCCCNn1c(C)ccc1C. The van der Waals surface area contributed by atoms with Gasteiger partial charge >= 0.3 is 0 Å². The second kappa shape index (κ2) is 7.37. The second-order valence-corrected chi connectivity index (χ2v) is 4.63. The Bertz CT molecular complexity index is 269. The van der Waals surface area contributed by atoms with E-state index in [0.717, 1.165) is 6.54 Å². The molecule has 16 heavy (non-hydrogen) atoms. The lowest BCUT2D eigenvalue weighted by atomic mass is 10.1. The van der Waals surface area contributed by atoms with E-state index in [-0.39, 0.29) is 0 Å². The van der Waals surface area contributed by atoms with E-state index in [1.165, 1.54) is 49.9 Å². The number of nitrogens with one attached hydrogen (secondary N) is 1. The number of hydrogen-bond donors (Lipinski definition) is 1. The molecule has 2 heteroatoms. The third kappa shape index (κ3) is 4.30. The zero-order valence-electron chi connectivity index (χ0n) is 11.1. The minimum atomic E-state index is 1.09. The fraction of sp³-hybridized carbons (Fsp3) is 0.714. The van der Waals surface area contributed by atoms with E-state index in [9.17, 15) is 0 Å². The van der Waals surface area contributed by atoms with Crippen molar-refractivity contribution in [3.8, 4) is 0 Å². The molecule has 0 spiro atoms. The van der Waals surface area contributed by atoms with Crippen LogP contribution in [-0.2, 0) is 0 Å². The topological polar surface area (TPSA) is 17.0 Å². The van der Waals surface area contributed by atoms with Crippen LogP contribution in [0.3, 0.4) is 0 Å². The highest BCUT2D eigenvalue weighted by atomic mass is 15.4. The largest absolute Gasteiger partial charge is 0.326 e. The summed E-state index contributed by atoms with van der Waals surface area (Å²) < 4.78 is 2.19. The highest BCUT2D eigenvalue weighted by molar-refractivity contribution is 5.15. The number of nitrogens with zero attached hydrogens (tertiary/aromatic N) is 1.